The molecule has 1 aliphatic carbocycles. The van der Waals surface area contributed by atoms with E-state index in [9.17, 15) is 9.90 Å². The average molecular weight is 277 g/mol. The summed E-state index contributed by atoms with van der Waals surface area (Å²) in [5, 5.41) is 24.2. The van der Waals surface area contributed by atoms with Crippen LogP contribution in [-0.2, 0) is 11.3 Å². The van der Waals surface area contributed by atoms with E-state index in [1.165, 1.54) is 11.1 Å². The molecular formula is C12H15N5O3. The maximum Gasteiger partial charge on any atom is 0.243 e. The van der Waals surface area contributed by atoms with Crippen LogP contribution in [0.2, 0.25) is 0 Å². The molecule has 3 rings (SSSR count). The van der Waals surface area contributed by atoms with E-state index in [-0.39, 0.29) is 19.0 Å². The molecule has 2 aromatic rings. The Balaban J connectivity index is 1.54. The first-order valence-corrected chi connectivity index (χ1v) is 6.45. The van der Waals surface area contributed by atoms with Crippen LogP contribution in [0.4, 0.5) is 0 Å². The predicted molar refractivity (Wildman–Crippen MR) is 67.3 cm³/mol. The van der Waals surface area contributed by atoms with Crippen LogP contribution in [-0.4, -0.2) is 43.4 Å². The zero-order chi connectivity index (χ0) is 14.0. The van der Waals surface area contributed by atoms with Crippen LogP contribution in [0, 0.1) is 0 Å². The molecule has 0 radical (unpaired) electrons. The summed E-state index contributed by atoms with van der Waals surface area (Å²) in [6.45, 7) is 0.232. The Kier molecular flexibility index (Phi) is 3.23. The molecule has 1 amide bonds. The SMILES string of the molecule is O=C(Cn1nnc(-c2ccco2)n1)NCC1(O)CCC1. The van der Waals surface area contributed by atoms with Crippen molar-refractivity contribution in [1.82, 2.24) is 25.5 Å². The van der Waals surface area contributed by atoms with Crippen LogP contribution in [0.3, 0.4) is 0 Å². The van der Waals surface area contributed by atoms with Gasteiger partial charge >= 0.3 is 0 Å². The van der Waals surface area contributed by atoms with Crippen molar-refractivity contribution in [1.29, 1.82) is 0 Å². The number of carbonyl (C=O) groups excluding carboxylic acids is 1. The van der Waals surface area contributed by atoms with Gasteiger partial charge in [-0.15, -0.1) is 10.2 Å². The quantitative estimate of drug-likeness (QED) is 0.794. The van der Waals surface area contributed by atoms with E-state index >= 15 is 0 Å². The Morgan fingerprint density at radius 1 is 1.55 bits per heavy atom. The van der Waals surface area contributed by atoms with Gasteiger partial charge in [-0.2, -0.15) is 4.80 Å². The van der Waals surface area contributed by atoms with Gasteiger partial charge in [0, 0.05) is 6.54 Å². The standard InChI is InChI=1S/C12H15N5O3/c18-10(13-8-12(19)4-2-5-12)7-17-15-11(14-16-17)9-3-1-6-20-9/h1,3,6,19H,2,4-5,7-8H2,(H,13,18). The molecule has 2 aromatic heterocycles. The summed E-state index contributed by atoms with van der Waals surface area (Å²) in [6, 6.07) is 3.44. The lowest BCUT2D eigenvalue weighted by molar-refractivity contribution is -0.124. The molecule has 2 heterocycles. The van der Waals surface area contributed by atoms with Gasteiger partial charge in [-0.3, -0.25) is 4.79 Å². The van der Waals surface area contributed by atoms with E-state index in [4.69, 9.17) is 4.42 Å². The number of tetrazole rings is 1. The maximum absolute atomic E-state index is 11.7. The van der Waals surface area contributed by atoms with Crippen molar-refractivity contribution in [2.45, 2.75) is 31.4 Å². The Hall–Kier alpha value is -2.22. The molecule has 0 bridgehead atoms. The molecular weight excluding hydrogens is 262 g/mol. The van der Waals surface area contributed by atoms with E-state index in [0.717, 1.165) is 19.3 Å². The maximum atomic E-state index is 11.7. The number of carbonyl (C=O) groups is 1. The number of nitrogens with one attached hydrogen (secondary N) is 1. The fourth-order valence-corrected chi connectivity index (χ4v) is 2.02. The van der Waals surface area contributed by atoms with Crippen LogP contribution < -0.4 is 5.32 Å². The third-order valence-electron chi connectivity index (χ3n) is 3.38. The molecule has 8 heteroatoms. The average Bonchev–Trinajstić information content (AvgIpc) is 3.04. The number of nitrogens with zero attached hydrogens (tertiary/aromatic N) is 4. The predicted octanol–water partition coefficient (Wildman–Crippen LogP) is -0.0357. The van der Waals surface area contributed by atoms with Crippen molar-refractivity contribution in [3.63, 3.8) is 0 Å². The minimum absolute atomic E-state index is 0.0379. The fourth-order valence-electron chi connectivity index (χ4n) is 2.02. The van der Waals surface area contributed by atoms with E-state index in [0.29, 0.717) is 11.6 Å². The summed E-state index contributed by atoms with van der Waals surface area (Å²) in [6.07, 6.45) is 3.99. The second-order valence-corrected chi connectivity index (χ2v) is 4.98. The molecule has 2 N–H and O–H groups in total. The van der Waals surface area contributed by atoms with Crippen molar-refractivity contribution in [3.8, 4) is 11.6 Å². The molecule has 0 aliphatic heterocycles. The minimum Gasteiger partial charge on any atom is -0.461 e. The lowest BCUT2D eigenvalue weighted by Crippen LogP contribution is -2.48. The summed E-state index contributed by atoms with van der Waals surface area (Å²) in [7, 11) is 0. The van der Waals surface area contributed by atoms with Crippen LogP contribution in [0.1, 0.15) is 19.3 Å². The van der Waals surface area contributed by atoms with Crippen LogP contribution in [0.25, 0.3) is 11.6 Å². The first kappa shape index (κ1) is 12.8. The Labute approximate surface area is 114 Å². The first-order chi connectivity index (χ1) is 9.65. The van der Waals surface area contributed by atoms with E-state index in [2.05, 4.69) is 20.7 Å². The second-order valence-electron chi connectivity index (χ2n) is 4.98. The lowest BCUT2D eigenvalue weighted by Gasteiger charge is -2.36. The van der Waals surface area contributed by atoms with Gasteiger partial charge in [0.1, 0.15) is 6.54 Å². The van der Waals surface area contributed by atoms with Gasteiger partial charge in [-0.05, 0) is 36.6 Å². The van der Waals surface area contributed by atoms with Gasteiger partial charge < -0.3 is 14.8 Å². The number of hydrogen-bond donors (Lipinski definition) is 2. The number of amides is 1. The summed E-state index contributed by atoms with van der Waals surface area (Å²) < 4.78 is 5.14. The number of aromatic nitrogens is 4. The molecule has 0 unspecified atom stereocenters. The normalized spacial score (nSPS) is 16.6. The van der Waals surface area contributed by atoms with Crippen molar-refractivity contribution in [3.05, 3.63) is 18.4 Å². The lowest BCUT2D eigenvalue weighted by atomic mass is 9.80. The highest BCUT2D eigenvalue weighted by molar-refractivity contribution is 5.75. The molecule has 20 heavy (non-hydrogen) atoms. The largest absolute Gasteiger partial charge is 0.461 e. The second kappa shape index (κ2) is 5.04. The first-order valence-electron chi connectivity index (χ1n) is 6.45. The zero-order valence-electron chi connectivity index (χ0n) is 10.8. The minimum atomic E-state index is -0.731. The van der Waals surface area contributed by atoms with E-state index in [1.807, 2.05) is 0 Å². The zero-order valence-corrected chi connectivity index (χ0v) is 10.8. The van der Waals surface area contributed by atoms with Crippen LogP contribution in [0.5, 0.6) is 0 Å². The molecule has 0 atom stereocenters. The Morgan fingerprint density at radius 2 is 2.40 bits per heavy atom. The van der Waals surface area contributed by atoms with Gasteiger partial charge in [0.25, 0.3) is 0 Å². The summed E-state index contributed by atoms with van der Waals surface area (Å²) >= 11 is 0. The highest BCUT2D eigenvalue weighted by Gasteiger charge is 2.34. The Morgan fingerprint density at radius 3 is 3.05 bits per heavy atom. The van der Waals surface area contributed by atoms with Gasteiger partial charge in [-0.1, -0.05) is 0 Å². The molecule has 0 saturated heterocycles. The fraction of sp³-hybridized carbons (Fsp3) is 0.500. The molecule has 8 nitrogen and oxygen atoms in total. The molecule has 1 saturated carbocycles. The van der Waals surface area contributed by atoms with Crippen molar-refractivity contribution < 1.29 is 14.3 Å². The summed E-state index contributed by atoms with van der Waals surface area (Å²) in [5.74, 6) is 0.578. The van der Waals surface area contributed by atoms with Crippen LogP contribution >= 0.6 is 0 Å². The third-order valence-corrected chi connectivity index (χ3v) is 3.38. The van der Waals surface area contributed by atoms with Crippen LogP contribution in [0.15, 0.2) is 22.8 Å². The molecule has 0 aromatic carbocycles. The number of hydrogen-bond acceptors (Lipinski definition) is 6. The van der Waals surface area contributed by atoms with Gasteiger partial charge in [-0.25, -0.2) is 0 Å². The topological polar surface area (TPSA) is 106 Å². The molecule has 0 spiro atoms. The van der Waals surface area contributed by atoms with Gasteiger partial charge in [0.15, 0.2) is 5.76 Å². The van der Waals surface area contributed by atoms with Crippen molar-refractivity contribution >= 4 is 5.91 Å². The number of aliphatic hydroxyl groups is 1. The Bertz CT molecular complexity index is 588. The third kappa shape index (κ3) is 2.69. The summed E-state index contributed by atoms with van der Waals surface area (Å²) in [5.41, 5.74) is -0.731. The molecule has 1 aliphatic rings. The van der Waals surface area contributed by atoms with Crippen molar-refractivity contribution in [2.75, 3.05) is 6.54 Å². The van der Waals surface area contributed by atoms with E-state index in [1.54, 1.807) is 12.1 Å². The van der Waals surface area contributed by atoms with Gasteiger partial charge in [0.05, 0.1) is 11.9 Å². The van der Waals surface area contributed by atoms with E-state index < -0.39 is 5.60 Å². The number of furan rings is 1. The highest BCUT2D eigenvalue weighted by Crippen LogP contribution is 2.30. The molecule has 1 fully saturated rings. The molecule has 106 valence electrons. The summed E-state index contributed by atoms with van der Waals surface area (Å²) in [4.78, 5) is 12.9. The smallest absolute Gasteiger partial charge is 0.243 e. The van der Waals surface area contributed by atoms with Gasteiger partial charge in [0.2, 0.25) is 11.7 Å². The monoisotopic (exact) mass is 277 g/mol. The number of rotatable bonds is 5. The highest BCUT2D eigenvalue weighted by atomic mass is 16.3. The van der Waals surface area contributed by atoms with Crippen molar-refractivity contribution in [2.24, 2.45) is 0 Å².